The van der Waals surface area contributed by atoms with Gasteiger partial charge in [-0.3, -0.25) is 19.2 Å². The predicted molar refractivity (Wildman–Crippen MR) is 91.0 cm³/mol. The fourth-order valence-electron chi connectivity index (χ4n) is 3.09. The summed E-state index contributed by atoms with van der Waals surface area (Å²) in [6.07, 6.45) is -4.43. The summed E-state index contributed by atoms with van der Waals surface area (Å²) in [4.78, 5) is 57.7. The highest BCUT2D eigenvalue weighted by Gasteiger charge is 2.55. The summed E-state index contributed by atoms with van der Waals surface area (Å²) in [5, 5.41) is 0. The Balaban J connectivity index is 2.43. The lowest BCUT2D eigenvalue weighted by atomic mass is 9.91. The highest BCUT2D eigenvalue weighted by atomic mass is 16.7. The largest absolute Gasteiger partial charge is 0.463 e. The first-order chi connectivity index (χ1) is 13.6. The summed E-state index contributed by atoms with van der Waals surface area (Å²) >= 11 is 0. The second kappa shape index (κ2) is 9.50. The van der Waals surface area contributed by atoms with Crippen molar-refractivity contribution < 1.29 is 52.4 Å². The maximum absolute atomic E-state index is 11.7. The van der Waals surface area contributed by atoms with Gasteiger partial charge in [0.15, 0.2) is 24.4 Å². The van der Waals surface area contributed by atoms with Crippen molar-refractivity contribution in [3.63, 3.8) is 0 Å². The number of hydrogen-bond acceptors (Lipinski definition) is 11. The second-order valence-corrected chi connectivity index (χ2v) is 6.42. The van der Waals surface area contributed by atoms with E-state index in [1.165, 1.54) is 19.1 Å². The molecule has 0 aromatic rings. The molecule has 0 amide bonds. The molecule has 160 valence electrons. The molecule has 1 fully saturated rings. The topological polar surface area (TPSA) is 141 Å². The van der Waals surface area contributed by atoms with E-state index in [1.807, 2.05) is 0 Å². The number of rotatable bonds is 6. The first-order valence-electron chi connectivity index (χ1n) is 8.77. The second-order valence-electron chi connectivity index (χ2n) is 6.42. The highest BCUT2D eigenvalue weighted by molar-refractivity contribution is 5.84. The van der Waals surface area contributed by atoms with Crippen LogP contribution in [0, 0.1) is 0 Å². The molecule has 11 nitrogen and oxygen atoms in total. The van der Waals surface area contributed by atoms with Gasteiger partial charge in [-0.1, -0.05) is 0 Å². The predicted octanol–water partition coefficient (Wildman–Crippen LogP) is -0.406. The van der Waals surface area contributed by atoms with Crippen LogP contribution >= 0.6 is 0 Å². The van der Waals surface area contributed by atoms with E-state index in [0.717, 1.165) is 20.8 Å². The molecule has 0 spiro atoms. The molecule has 0 aromatic heterocycles. The number of cyclic esters (lactones) is 1. The van der Waals surface area contributed by atoms with Crippen LogP contribution in [0.25, 0.3) is 0 Å². The number of carbonyl (C=O) groups is 5. The summed E-state index contributed by atoms with van der Waals surface area (Å²) < 4.78 is 31.8. The third-order valence-corrected chi connectivity index (χ3v) is 4.02. The van der Waals surface area contributed by atoms with Crippen LogP contribution in [-0.2, 0) is 52.4 Å². The Morgan fingerprint density at radius 2 is 1.41 bits per heavy atom. The van der Waals surface area contributed by atoms with Crippen molar-refractivity contribution in [3.8, 4) is 0 Å². The van der Waals surface area contributed by atoms with E-state index in [0.29, 0.717) is 0 Å². The van der Waals surface area contributed by atoms with Crippen LogP contribution in [0.3, 0.4) is 0 Å². The van der Waals surface area contributed by atoms with Crippen LogP contribution < -0.4 is 0 Å². The Kier molecular flexibility index (Phi) is 7.32. The van der Waals surface area contributed by atoms with Crippen LogP contribution in [0.1, 0.15) is 27.7 Å². The van der Waals surface area contributed by atoms with Gasteiger partial charge in [0.25, 0.3) is 0 Å². The molecule has 2 aliphatic heterocycles. The fourth-order valence-corrected chi connectivity index (χ4v) is 3.09. The molecule has 2 aliphatic rings. The average Bonchev–Trinajstić information content (AvgIpc) is 3.01. The molecular formula is C18H22O11. The van der Waals surface area contributed by atoms with Crippen molar-refractivity contribution in [1.29, 1.82) is 0 Å². The van der Waals surface area contributed by atoms with Gasteiger partial charge in [0.05, 0.1) is 0 Å². The lowest BCUT2D eigenvalue weighted by Crippen LogP contribution is -2.64. The quantitative estimate of drug-likeness (QED) is 0.414. The molecule has 0 radical (unpaired) electrons. The highest BCUT2D eigenvalue weighted by Crippen LogP contribution is 2.32. The SMILES string of the molecule is CC(=O)OC[C@H]1O[C@H]([C@@H]2C=CC(=O)O2)[C@H](OC(C)=O)[C@@H](OC(C)=O)[C@@H]1OC(C)=O. The van der Waals surface area contributed by atoms with Crippen LogP contribution in [-0.4, -0.2) is 73.1 Å². The van der Waals surface area contributed by atoms with E-state index >= 15 is 0 Å². The minimum absolute atomic E-state index is 0.348. The number of hydrogen-bond donors (Lipinski definition) is 0. The first kappa shape index (κ1) is 22.3. The van der Waals surface area contributed by atoms with Gasteiger partial charge in [-0.25, -0.2) is 4.79 Å². The Morgan fingerprint density at radius 3 is 1.90 bits per heavy atom. The molecule has 0 bridgehead atoms. The summed E-state index contributed by atoms with van der Waals surface area (Å²) in [6, 6.07) is 0. The number of carbonyl (C=O) groups excluding carboxylic acids is 5. The van der Waals surface area contributed by atoms with Gasteiger partial charge in [0.1, 0.15) is 18.8 Å². The summed E-state index contributed by atoms with van der Waals surface area (Å²) in [7, 11) is 0. The molecule has 0 N–H and O–H groups in total. The standard InChI is InChI=1S/C18H22O11/c1-8(19)24-7-13-16(25-9(2)20)18(27-11(4)22)17(26-10(3)21)15(29-13)12-5-6-14(23)28-12/h5-6,12-13,15-18H,7H2,1-4H3/t12-,13+,15+,16+,17-,18-/m0/s1. The lowest BCUT2D eigenvalue weighted by Gasteiger charge is -2.45. The minimum atomic E-state index is -1.30. The first-order valence-corrected chi connectivity index (χ1v) is 8.77. The molecule has 2 heterocycles. The zero-order valence-corrected chi connectivity index (χ0v) is 16.3. The zero-order chi connectivity index (χ0) is 21.7. The summed E-state index contributed by atoms with van der Waals surface area (Å²) in [6.45, 7) is 4.20. The lowest BCUT2D eigenvalue weighted by molar-refractivity contribution is -0.262. The van der Waals surface area contributed by atoms with Gasteiger partial charge in [-0.15, -0.1) is 0 Å². The van der Waals surface area contributed by atoms with E-state index in [-0.39, 0.29) is 6.61 Å². The molecule has 1 saturated heterocycles. The Bertz CT molecular complexity index is 713. The number of esters is 5. The molecule has 0 unspecified atom stereocenters. The summed E-state index contributed by atoms with van der Waals surface area (Å²) in [5.41, 5.74) is 0. The van der Waals surface area contributed by atoms with Gasteiger partial charge in [-0.2, -0.15) is 0 Å². The molecule has 11 heteroatoms. The van der Waals surface area contributed by atoms with E-state index in [2.05, 4.69) is 0 Å². The minimum Gasteiger partial charge on any atom is -0.463 e. The van der Waals surface area contributed by atoms with Crippen LogP contribution in [0.5, 0.6) is 0 Å². The number of ether oxygens (including phenoxy) is 6. The van der Waals surface area contributed by atoms with E-state index in [1.54, 1.807) is 0 Å². The van der Waals surface area contributed by atoms with E-state index < -0.39 is 66.5 Å². The van der Waals surface area contributed by atoms with Gasteiger partial charge in [0.2, 0.25) is 0 Å². The van der Waals surface area contributed by atoms with Crippen molar-refractivity contribution >= 4 is 29.8 Å². The third kappa shape index (κ3) is 6.01. The zero-order valence-electron chi connectivity index (χ0n) is 16.3. The molecule has 0 aromatic carbocycles. The summed E-state index contributed by atoms with van der Waals surface area (Å²) in [5.74, 6) is -3.45. The van der Waals surface area contributed by atoms with Gasteiger partial charge >= 0.3 is 29.8 Å². The van der Waals surface area contributed by atoms with Crippen molar-refractivity contribution in [2.45, 2.75) is 64.3 Å². The molecule has 0 saturated carbocycles. The molecule has 6 atom stereocenters. The van der Waals surface area contributed by atoms with Crippen molar-refractivity contribution in [2.24, 2.45) is 0 Å². The maximum atomic E-state index is 11.7. The van der Waals surface area contributed by atoms with E-state index in [4.69, 9.17) is 28.4 Å². The van der Waals surface area contributed by atoms with Crippen molar-refractivity contribution in [1.82, 2.24) is 0 Å². The van der Waals surface area contributed by atoms with Gasteiger partial charge in [0, 0.05) is 33.8 Å². The van der Waals surface area contributed by atoms with Gasteiger partial charge in [-0.05, 0) is 6.08 Å². The Morgan fingerprint density at radius 1 is 0.862 bits per heavy atom. The molecule has 2 rings (SSSR count). The van der Waals surface area contributed by atoms with Crippen molar-refractivity contribution in [2.75, 3.05) is 6.61 Å². The molecule has 29 heavy (non-hydrogen) atoms. The van der Waals surface area contributed by atoms with Gasteiger partial charge < -0.3 is 28.4 Å². The van der Waals surface area contributed by atoms with Crippen LogP contribution in [0.4, 0.5) is 0 Å². The Hall–Kier alpha value is -2.95. The molecule has 0 aliphatic carbocycles. The fraction of sp³-hybridized carbons (Fsp3) is 0.611. The average molecular weight is 414 g/mol. The maximum Gasteiger partial charge on any atom is 0.331 e. The Labute approximate surface area is 166 Å². The van der Waals surface area contributed by atoms with Crippen LogP contribution in [0.15, 0.2) is 12.2 Å². The smallest absolute Gasteiger partial charge is 0.331 e. The monoisotopic (exact) mass is 414 g/mol. The normalized spacial score (nSPS) is 30.8. The molecular weight excluding hydrogens is 392 g/mol. The third-order valence-electron chi connectivity index (χ3n) is 4.02. The van der Waals surface area contributed by atoms with Crippen LogP contribution in [0.2, 0.25) is 0 Å². The van der Waals surface area contributed by atoms with E-state index in [9.17, 15) is 24.0 Å². The van der Waals surface area contributed by atoms with Crippen molar-refractivity contribution in [3.05, 3.63) is 12.2 Å².